The normalized spacial score (nSPS) is 41.0. The lowest BCUT2D eigenvalue weighted by atomic mass is 9.53. The predicted molar refractivity (Wildman–Crippen MR) is 82.5 cm³/mol. The molecule has 116 valence electrons. The van der Waals surface area contributed by atoms with Gasteiger partial charge in [-0.2, -0.15) is 0 Å². The standard InChI is InChI=1S/C18H21NO3/c1-19-8-7-18-11-4-5-13(20)17(18)22-16-14(21-2)6-3-10(15(16)18)9-12(11)19/h3-6,11-13,17,20H,7-9H2,1-2H3/t11-,12-,13-,17-,18+/m1/s1. The first-order valence-corrected chi connectivity index (χ1v) is 8.10. The molecule has 1 N–H and O–H groups in total. The van der Waals surface area contributed by atoms with Crippen LogP contribution < -0.4 is 9.47 Å². The number of benzene rings is 1. The van der Waals surface area contributed by atoms with Gasteiger partial charge in [-0.05, 0) is 38.1 Å². The molecule has 0 radical (unpaired) electrons. The Hall–Kier alpha value is -1.52. The van der Waals surface area contributed by atoms with Gasteiger partial charge in [0.2, 0.25) is 0 Å². The Balaban J connectivity index is 1.82. The van der Waals surface area contributed by atoms with E-state index in [1.165, 1.54) is 11.1 Å². The van der Waals surface area contributed by atoms with Crippen LogP contribution >= 0.6 is 0 Å². The maximum Gasteiger partial charge on any atom is 0.165 e. The number of rotatable bonds is 1. The highest BCUT2D eigenvalue weighted by Gasteiger charge is 2.64. The van der Waals surface area contributed by atoms with Gasteiger partial charge < -0.3 is 19.5 Å². The van der Waals surface area contributed by atoms with Gasteiger partial charge in [-0.1, -0.05) is 18.2 Å². The summed E-state index contributed by atoms with van der Waals surface area (Å²) in [6.07, 6.45) is 5.54. The second-order valence-electron chi connectivity index (χ2n) is 7.11. The molecular weight excluding hydrogens is 278 g/mol. The van der Waals surface area contributed by atoms with E-state index in [1.54, 1.807) is 7.11 Å². The van der Waals surface area contributed by atoms with E-state index in [0.29, 0.717) is 12.0 Å². The number of likely N-dealkylation sites (tertiary alicyclic amines) is 1. The van der Waals surface area contributed by atoms with E-state index in [-0.39, 0.29) is 11.5 Å². The summed E-state index contributed by atoms with van der Waals surface area (Å²) >= 11 is 0. The average molecular weight is 299 g/mol. The van der Waals surface area contributed by atoms with E-state index >= 15 is 0 Å². The van der Waals surface area contributed by atoms with Crippen molar-refractivity contribution in [1.29, 1.82) is 0 Å². The molecule has 2 aliphatic heterocycles. The fourth-order valence-electron chi connectivity index (χ4n) is 5.39. The fraction of sp³-hybridized carbons (Fsp3) is 0.556. The summed E-state index contributed by atoms with van der Waals surface area (Å²) in [5.41, 5.74) is 2.60. The number of aliphatic hydroxyl groups is 1. The van der Waals surface area contributed by atoms with E-state index in [0.717, 1.165) is 30.9 Å². The van der Waals surface area contributed by atoms with Crippen molar-refractivity contribution in [2.75, 3.05) is 20.7 Å². The first kappa shape index (κ1) is 13.0. The van der Waals surface area contributed by atoms with Gasteiger partial charge in [0.15, 0.2) is 11.5 Å². The molecule has 4 aliphatic rings. The van der Waals surface area contributed by atoms with Crippen LogP contribution in [0.1, 0.15) is 17.5 Å². The predicted octanol–water partition coefficient (Wildman–Crippen LogP) is 1.50. The van der Waals surface area contributed by atoms with Gasteiger partial charge in [0, 0.05) is 22.9 Å². The second kappa shape index (κ2) is 4.06. The van der Waals surface area contributed by atoms with E-state index in [9.17, 15) is 5.11 Å². The highest BCUT2D eigenvalue weighted by Crippen LogP contribution is 2.62. The lowest BCUT2D eigenvalue weighted by molar-refractivity contribution is -0.0453. The molecule has 22 heavy (non-hydrogen) atoms. The Labute approximate surface area is 130 Å². The first-order valence-electron chi connectivity index (χ1n) is 8.10. The topological polar surface area (TPSA) is 41.9 Å². The summed E-state index contributed by atoms with van der Waals surface area (Å²) in [7, 11) is 3.91. The van der Waals surface area contributed by atoms with Crippen LogP contribution in [0.5, 0.6) is 11.5 Å². The van der Waals surface area contributed by atoms with Crippen molar-refractivity contribution in [2.24, 2.45) is 5.92 Å². The molecule has 0 unspecified atom stereocenters. The van der Waals surface area contributed by atoms with Gasteiger partial charge in [-0.25, -0.2) is 0 Å². The minimum Gasteiger partial charge on any atom is -0.493 e. The number of methoxy groups -OCH3 is 1. The van der Waals surface area contributed by atoms with E-state index < -0.39 is 6.10 Å². The second-order valence-corrected chi connectivity index (χ2v) is 7.11. The van der Waals surface area contributed by atoms with Crippen LogP contribution in [0.2, 0.25) is 0 Å². The lowest BCUT2D eigenvalue weighted by Gasteiger charge is -2.56. The van der Waals surface area contributed by atoms with Crippen LogP contribution in [0.15, 0.2) is 24.3 Å². The highest BCUT2D eigenvalue weighted by atomic mass is 16.5. The Morgan fingerprint density at radius 3 is 3.05 bits per heavy atom. The Bertz CT molecular complexity index is 685. The van der Waals surface area contributed by atoms with Gasteiger partial charge in [0.25, 0.3) is 0 Å². The number of aliphatic hydroxyl groups excluding tert-OH is 1. The largest absolute Gasteiger partial charge is 0.493 e. The minimum absolute atomic E-state index is 0.0806. The molecule has 2 bridgehead atoms. The number of ether oxygens (including phenoxy) is 2. The molecular formula is C18H21NO3. The van der Waals surface area contributed by atoms with E-state index in [1.807, 2.05) is 12.1 Å². The van der Waals surface area contributed by atoms with Crippen LogP contribution in [0, 0.1) is 5.92 Å². The minimum atomic E-state index is -0.539. The van der Waals surface area contributed by atoms with Gasteiger partial charge in [-0.15, -0.1) is 0 Å². The van der Waals surface area contributed by atoms with Crippen molar-refractivity contribution in [3.63, 3.8) is 0 Å². The fourth-order valence-corrected chi connectivity index (χ4v) is 5.39. The van der Waals surface area contributed by atoms with Gasteiger partial charge in [0.1, 0.15) is 12.2 Å². The Morgan fingerprint density at radius 2 is 2.23 bits per heavy atom. The average Bonchev–Trinajstić information content (AvgIpc) is 2.88. The molecule has 1 saturated heterocycles. The molecule has 5 rings (SSSR count). The maximum absolute atomic E-state index is 10.6. The Morgan fingerprint density at radius 1 is 1.36 bits per heavy atom. The molecule has 4 heteroatoms. The van der Waals surface area contributed by atoms with Crippen molar-refractivity contribution in [3.8, 4) is 11.5 Å². The van der Waals surface area contributed by atoms with Crippen molar-refractivity contribution in [1.82, 2.24) is 4.90 Å². The maximum atomic E-state index is 10.6. The molecule has 2 aliphatic carbocycles. The number of hydrogen-bond donors (Lipinski definition) is 1. The zero-order chi connectivity index (χ0) is 15.1. The van der Waals surface area contributed by atoms with Crippen molar-refractivity contribution in [2.45, 2.75) is 36.5 Å². The van der Waals surface area contributed by atoms with Crippen LogP contribution in [0.4, 0.5) is 0 Å². The zero-order valence-corrected chi connectivity index (χ0v) is 13.0. The third-order valence-electron chi connectivity index (χ3n) is 6.35. The van der Waals surface area contributed by atoms with Crippen molar-refractivity contribution in [3.05, 3.63) is 35.4 Å². The third kappa shape index (κ3) is 1.28. The lowest BCUT2D eigenvalue weighted by Crippen LogP contribution is -2.64. The van der Waals surface area contributed by atoms with Crippen LogP contribution in [-0.2, 0) is 11.8 Å². The number of likely N-dealkylation sites (N-methyl/N-ethyl adjacent to an activating group) is 1. The van der Waals surface area contributed by atoms with Gasteiger partial charge in [-0.3, -0.25) is 0 Å². The summed E-state index contributed by atoms with van der Waals surface area (Å²) < 4.78 is 11.8. The summed E-state index contributed by atoms with van der Waals surface area (Å²) in [5.74, 6) is 2.09. The number of nitrogens with zero attached hydrogens (tertiary/aromatic N) is 1. The molecule has 0 saturated carbocycles. The van der Waals surface area contributed by atoms with Crippen LogP contribution in [0.3, 0.4) is 0 Å². The molecule has 0 aromatic heterocycles. The highest BCUT2D eigenvalue weighted by molar-refractivity contribution is 5.62. The number of hydrogen-bond acceptors (Lipinski definition) is 4. The van der Waals surface area contributed by atoms with E-state index in [2.05, 4.69) is 24.1 Å². The summed E-state index contributed by atoms with van der Waals surface area (Å²) in [4.78, 5) is 2.47. The molecule has 1 spiro atoms. The summed E-state index contributed by atoms with van der Waals surface area (Å²) in [6, 6.07) is 4.70. The summed E-state index contributed by atoms with van der Waals surface area (Å²) in [5, 5.41) is 10.6. The number of piperidine rings is 1. The van der Waals surface area contributed by atoms with Crippen molar-refractivity contribution < 1.29 is 14.6 Å². The molecule has 1 aromatic rings. The molecule has 2 heterocycles. The molecule has 4 nitrogen and oxygen atoms in total. The molecule has 1 fully saturated rings. The Kier molecular flexibility index (Phi) is 2.39. The van der Waals surface area contributed by atoms with E-state index in [4.69, 9.17) is 9.47 Å². The van der Waals surface area contributed by atoms with Crippen LogP contribution in [0.25, 0.3) is 0 Å². The van der Waals surface area contributed by atoms with Crippen molar-refractivity contribution >= 4 is 0 Å². The molecule has 0 amide bonds. The quantitative estimate of drug-likeness (QED) is 0.798. The van der Waals surface area contributed by atoms with Gasteiger partial charge >= 0.3 is 0 Å². The SMILES string of the molecule is COc1ccc2c3c1O[C@@H]1[C@H](O)C=C[C@@H]4[C@@H](C2)N(C)CC[C@@]341. The smallest absolute Gasteiger partial charge is 0.165 e. The summed E-state index contributed by atoms with van der Waals surface area (Å²) in [6.45, 7) is 1.05. The zero-order valence-electron chi connectivity index (χ0n) is 13.0. The molecule has 5 atom stereocenters. The van der Waals surface area contributed by atoms with Crippen LogP contribution in [-0.4, -0.2) is 49.0 Å². The molecule has 1 aromatic carbocycles. The monoisotopic (exact) mass is 299 g/mol. The van der Waals surface area contributed by atoms with Gasteiger partial charge in [0.05, 0.1) is 7.11 Å². The third-order valence-corrected chi connectivity index (χ3v) is 6.35. The first-order chi connectivity index (χ1) is 10.7.